The van der Waals surface area contributed by atoms with E-state index in [9.17, 15) is 8.42 Å². The van der Waals surface area contributed by atoms with Gasteiger partial charge in [0.15, 0.2) is 0 Å². The van der Waals surface area contributed by atoms with Crippen LogP contribution in [0.5, 0.6) is 0 Å². The smallest absolute Gasteiger partial charge is 0.149 e. The first-order valence-corrected chi connectivity index (χ1v) is 9.24. The lowest BCUT2D eigenvalue weighted by atomic mass is 10.2. The van der Waals surface area contributed by atoms with Gasteiger partial charge in [-0.05, 0) is 35.0 Å². The largest absolute Gasteiger partial charge is 0.308 e. The Morgan fingerprint density at radius 2 is 2.24 bits per heavy atom. The lowest BCUT2D eigenvalue weighted by Gasteiger charge is -2.15. The lowest BCUT2D eigenvalue weighted by molar-refractivity contribution is 0.554. The summed E-state index contributed by atoms with van der Waals surface area (Å²) >= 11 is 10.8. The predicted octanol–water partition coefficient (Wildman–Crippen LogP) is 3.25. The fourth-order valence-electron chi connectivity index (χ4n) is 1.40. The van der Waals surface area contributed by atoms with Gasteiger partial charge in [-0.3, -0.25) is 0 Å². The Kier molecular flexibility index (Phi) is 5.92. The molecule has 0 amide bonds. The molecule has 1 atom stereocenters. The van der Waals surface area contributed by atoms with Crippen LogP contribution in [0.2, 0.25) is 5.02 Å². The first-order valence-electron chi connectivity index (χ1n) is 5.19. The fourth-order valence-corrected chi connectivity index (χ4v) is 4.23. The average Bonchev–Trinajstić information content (AvgIpc) is 2.52. The second-order valence-corrected chi connectivity index (χ2v) is 8.86. The highest BCUT2D eigenvalue weighted by atomic mass is 79.9. The van der Waals surface area contributed by atoms with Crippen LogP contribution in [-0.4, -0.2) is 27.0 Å². The molecule has 0 saturated carbocycles. The summed E-state index contributed by atoms with van der Waals surface area (Å²) in [5.41, 5.74) is 0. The third-order valence-corrected chi connectivity index (χ3v) is 5.65. The molecule has 0 aliphatic heterocycles. The monoisotopic (exact) mass is 359 g/mol. The minimum absolute atomic E-state index is 0.0935. The quantitative estimate of drug-likeness (QED) is 0.847. The van der Waals surface area contributed by atoms with E-state index in [-0.39, 0.29) is 11.8 Å². The van der Waals surface area contributed by atoms with Crippen LogP contribution in [0.4, 0.5) is 0 Å². The molecule has 98 valence electrons. The Bertz CT molecular complexity index is 453. The topological polar surface area (TPSA) is 46.2 Å². The zero-order valence-corrected chi connectivity index (χ0v) is 13.6. The van der Waals surface area contributed by atoms with Crippen molar-refractivity contribution < 1.29 is 8.42 Å². The van der Waals surface area contributed by atoms with Crippen molar-refractivity contribution in [2.75, 3.05) is 18.6 Å². The van der Waals surface area contributed by atoms with Crippen molar-refractivity contribution in [3.8, 4) is 0 Å². The number of nitrogens with one attached hydrogen (secondary N) is 1. The minimum atomic E-state index is -3.02. The Labute approximate surface area is 120 Å². The van der Waals surface area contributed by atoms with Gasteiger partial charge in [0.05, 0.1) is 20.6 Å². The van der Waals surface area contributed by atoms with Crippen LogP contribution in [0.15, 0.2) is 9.85 Å². The number of hydrogen-bond acceptors (Lipinski definition) is 4. The maximum absolute atomic E-state index is 11.4. The van der Waals surface area contributed by atoms with E-state index in [0.29, 0.717) is 5.02 Å². The van der Waals surface area contributed by atoms with Gasteiger partial charge in [0.2, 0.25) is 0 Å². The Hall–Kier alpha value is 0.380. The molecule has 1 N–H and O–H groups in total. The van der Waals surface area contributed by atoms with Crippen LogP contribution in [-0.2, 0) is 9.84 Å². The molecule has 0 fully saturated rings. The first kappa shape index (κ1) is 15.4. The van der Waals surface area contributed by atoms with E-state index in [1.165, 1.54) is 17.6 Å². The molecule has 0 spiro atoms. The second kappa shape index (κ2) is 6.52. The van der Waals surface area contributed by atoms with Gasteiger partial charge in [-0.2, -0.15) is 0 Å². The molecule has 1 aromatic heterocycles. The van der Waals surface area contributed by atoms with Crippen molar-refractivity contribution in [3.05, 3.63) is 19.8 Å². The van der Waals surface area contributed by atoms with Crippen molar-refractivity contribution in [1.29, 1.82) is 0 Å². The molecule has 0 saturated heterocycles. The third-order valence-electron chi connectivity index (χ3n) is 2.12. The van der Waals surface area contributed by atoms with Crippen LogP contribution in [0.1, 0.15) is 24.3 Å². The number of thiophene rings is 1. The summed E-state index contributed by atoms with van der Waals surface area (Å²) in [5, 5.41) is 3.86. The summed E-state index contributed by atoms with van der Waals surface area (Å²) in [6, 6.07) is 1.63. The SMILES string of the molecule is CCCNC(CS(C)(=O)=O)c1cc(Cl)c(Br)s1. The Morgan fingerprint density at radius 3 is 2.65 bits per heavy atom. The molecule has 3 nitrogen and oxygen atoms in total. The predicted molar refractivity (Wildman–Crippen MR) is 77.8 cm³/mol. The molecule has 0 aromatic carbocycles. The maximum Gasteiger partial charge on any atom is 0.149 e. The van der Waals surface area contributed by atoms with E-state index in [1.54, 1.807) is 0 Å². The van der Waals surface area contributed by atoms with Crippen LogP contribution in [0.25, 0.3) is 0 Å². The van der Waals surface area contributed by atoms with Gasteiger partial charge in [-0.15, -0.1) is 11.3 Å². The standard InChI is InChI=1S/C10H15BrClNO2S2/c1-3-4-13-8(6-17(2,14)15)9-5-7(12)10(11)16-9/h5,8,13H,3-4,6H2,1-2H3. The molecular weight excluding hydrogens is 346 g/mol. The summed E-state index contributed by atoms with van der Waals surface area (Å²) in [6.07, 6.45) is 2.21. The molecule has 0 aliphatic rings. The van der Waals surface area contributed by atoms with Gasteiger partial charge in [0.25, 0.3) is 0 Å². The van der Waals surface area contributed by atoms with Crippen LogP contribution in [0.3, 0.4) is 0 Å². The molecule has 0 aliphatic carbocycles. The van der Waals surface area contributed by atoms with Gasteiger partial charge in [0.1, 0.15) is 9.84 Å². The summed E-state index contributed by atoms with van der Waals surface area (Å²) in [5.74, 6) is 0.0935. The average molecular weight is 361 g/mol. The number of halogens is 2. The zero-order chi connectivity index (χ0) is 13.1. The van der Waals surface area contributed by atoms with E-state index in [4.69, 9.17) is 11.6 Å². The summed E-state index contributed by atoms with van der Waals surface area (Å²) in [4.78, 5) is 0.945. The normalized spacial score (nSPS) is 13.9. The van der Waals surface area contributed by atoms with Crippen molar-refractivity contribution in [3.63, 3.8) is 0 Å². The number of sulfone groups is 1. The Balaban J connectivity index is 2.89. The molecule has 17 heavy (non-hydrogen) atoms. The molecular formula is C10H15BrClNO2S2. The molecule has 7 heteroatoms. The van der Waals surface area contributed by atoms with Gasteiger partial charge < -0.3 is 5.32 Å². The Morgan fingerprint density at radius 1 is 1.59 bits per heavy atom. The van der Waals surface area contributed by atoms with Gasteiger partial charge in [0, 0.05) is 11.1 Å². The highest BCUT2D eigenvalue weighted by molar-refractivity contribution is 9.11. The minimum Gasteiger partial charge on any atom is -0.308 e. The first-order chi connectivity index (χ1) is 7.83. The summed E-state index contributed by atoms with van der Waals surface area (Å²) in [7, 11) is -3.02. The summed E-state index contributed by atoms with van der Waals surface area (Å²) in [6.45, 7) is 2.83. The van der Waals surface area contributed by atoms with Crippen LogP contribution >= 0.6 is 38.9 Å². The number of hydrogen-bond donors (Lipinski definition) is 1. The van der Waals surface area contributed by atoms with Gasteiger partial charge in [-0.25, -0.2) is 8.42 Å². The van der Waals surface area contributed by atoms with E-state index >= 15 is 0 Å². The van der Waals surface area contributed by atoms with Gasteiger partial charge in [-0.1, -0.05) is 18.5 Å². The molecule has 0 bridgehead atoms. The molecule has 1 unspecified atom stereocenters. The van der Waals surface area contributed by atoms with E-state index in [1.807, 2.05) is 13.0 Å². The van der Waals surface area contributed by atoms with E-state index < -0.39 is 9.84 Å². The molecule has 1 heterocycles. The molecule has 0 radical (unpaired) electrons. The van der Waals surface area contributed by atoms with Crippen LogP contribution in [0, 0.1) is 0 Å². The third kappa shape index (κ3) is 5.26. The number of rotatable bonds is 6. The molecule has 1 aromatic rings. The van der Waals surface area contributed by atoms with Crippen molar-refractivity contribution in [1.82, 2.24) is 5.32 Å². The molecule has 1 rings (SSSR count). The maximum atomic E-state index is 11.4. The van der Waals surface area contributed by atoms with Crippen molar-refractivity contribution in [2.24, 2.45) is 0 Å². The van der Waals surface area contributed by atoms with E-state index in [0.717, 1.165) is 21.6 Å². The lowest BCUT2D eigenvalue weighted by Crippen LogP contribution is -2.27. The van der Waals surface area contributed by atoms with E-state index in [2.05, 4.69) is 21.2 Å². The highest BCUT2D eigenvalue weighted by Crippen LogP contribution is 2.35. The van der Waals surface area contributed by atoms with Gasteiger partial charge >= 0.3 is 0 Å². The second-order valence-electron chi connectivity index (χ2n) is 3.87. The summed E-state index contributed by atoms with van der Waals surface area (Å²) < 4.78 is 23.6. The van der Waals surface area contributed by atoms with Crippen molar-refractivity contribution >= 4 is 48.7 Å². The fraction of sp³-hybridized carbons (Fsp3) is 0.600. The zero-order valence-electron chi connectivity index (χ0n) is 9.66. The highest BCUT2D eigenvalue weighted by Gasteiger charge is 2.19. The van der Waals surface area contributed by atoms with Crippen molar-refractivity contribution in [2.45, 2.75) is 19.4 Å². The van der Waals surface area contributed by atoms with Crippen LogP contribution < -0.4 is 5.32 Å².